The van der Waals surface area contributed by atoms with E-state index in [4.69, 9.17) is 5.73 Å². The van der Waals surface area contributed by atoms with E-state index in [1.807, 2.05) is 42.5 Å². The summed E-state index contributed by atoms with van der Waals surface area (Å²) in [6.45, 7) is 0.860. The van der Waals surface area contributed by atoms with Crippen LogP contribution in [0.3, 0.4) is 0 Å². The Balaban J connectivity index is 1.24. The third-order valence-electron chi connectivity index (χ3n) is 6.60. The number of aromatic nitrogens is 1. The fraction of sp³-hybridized carbons (Fsp3) is 0.250. The van der Waals surface area contributed by atoms with Crippen LogP contribution in [0.5, 0.6) is 0 Å². The number of carbonyl (C=O) groups is 4. The van der Waals surface area contributed by atoms with E-state index in [9.17, 15) is 24.3 Å². The number of fused-ring (bicyclic) bond motifs is 2. The second-order valence-corrected chi connectivity index (χ2v) is 11.4. The molecule has 0 bridgehead atoms. The molecule has 0 unspecified atom stereocenters. The molecule has 5 rings (SSSR count). The Hall–Kier alpha value is -3.87. The van der Waals surface area contributed by atoms with Gasteiger partial charge in [0, 0.05) is 35.4 Å². The number of nitrogens with two attached hydrogens (primary N) is 1. The van der Waals surface area contributed by atoms with Crippen LogP contribution in [0.25, 0.3) is 10.8 Å². The largest absolute Gasteiger partial charge is 0.477 e. The third-order valence-corrected chi connectivity index (χ3v) is 9.01. The molecule has 2 aliphatic heterocycles. The van der Waals surface area contributed by atoms with E-state index in [1.54, 1.807) is 29.1 Å². The summed E-state index contributed by atoms with van der Waals surface area (Å²) in [5, 5.41) is 17.1. The maximum Gasteiger partial charge on any atom is 0.352 e. The summed E-state index contributed by atoms with van der Waals surface area (Å²) in [4.78, 5) is 52.6. The highest BCUT2D eigenvalue weighted by Gasteiger charge is 2.54. The van der Waals surface area contributed by atoms with Crippen LogP contribution in [0.4, 0.5) is 0 Å². The highest BCUT2D eigenvalue weighted by Crippen LogP contribution is 2.40. The Morgan fingerprint density at radius 1 is 1.12 bits per heavy atom. The maximum atomic E-state index is 13.1. The number of nitrogens with zero attached hydrogens (tertiary/aromatic N) is 2. The van der Waals surface area contributed by atoms with E-state index in [2.05, 4.69) is 10.6 Å². The lowest BCUT2D eigenvalue weighted by molar-refractivity contribution is -0.689. The van der Waals surface area contributed by atoms with E-state index in [-0.39, 0.29) is 29.8 Å². The van der Waals surface area contributed by atoms with Crippen molar-refractivity contribution in [3.05, 3.63) is 83.8 Å². The predicted molar refractivity (Wildman–Crippen MR) is 152 cm³/mol. The van der Waals surface area contributed by atoms with E-state index >= 15 is 0 Å². The average molecular weight is 579 g/mol. The van der Waals surface area contributed by atoms with Gasteiger partial charge >= 0.3 is 5.97 Å². The monoisotopic (exact) mass is 578 g/mol. The van der Waals surface area contributed by atoms with Gasteiger partial charge in [0.1, 0.15) is 22.7 Å². The molecule has 206 valence electrons. The molecule has 0 spiro atoms. The fourth-order valence-corrected chi connectivity index (χ4v) is 6.97. The minimum Gasteiger partial charge on any atom is -0.477 e. The van der Waals surface area contributed by atoms with E-state index < -0.39 is 23.3 Å². The van der Waals surface area contributed by atoms with Crippen LogP contribution in [-0.2, 0) is 20.9 Å². The molecule has 2 aliphatic rings. The molecular weight excluding hydrogens is 550 g/mol. The summed E-state index contributed by atoms with van der Waals surface area (Å²) >= 11 is 2.80. The zero-order valence-corrected chi connectivity index (χ0v) is 23.0. The first-order valence-electron chi connectivity index (χ1n) is 12.6. The molecule has 1 fully saturated rings. The molecule has 0 saturated carbocycles. The molecule has 5 N–H and O–H groups in total. The number of thioether (sulfide) groups is 2. The number of carboxylic acids is 1. The smallest absolute Gasteiger partial charge is 0.352 e. The molecule has 0 aliphatic carbocycles. The van der Waals surface area contributed by atoms with Gasteiger partial charge in [-0.25, -0.2) is 9.36 Å². The van der Waals surface area contributed by atoms with Crippen molar-refractivity contribution in [3.63, 3.8) is 0 Å². The molecule has 3 heterocycles. The summed E-state index contributed by atoms with van der Waals surface area (Å²) in [5.41, 5.74) is 6.33. The average Bonchev–Trinajstić information content (AvgIpc) is 2.97. The Labute approximate surface area is 239 Å². The molecule has 3 amide bonds. The Bertz CT molecular complexity index is 1520. The van der Waals surface area contributed by atoms with Gasteiger partial charge < -0.3 is 21.5 Å². The quantitative estimate of drug-likeness (QED) is 0.160. The van der Waals surface area contributed by atoms with Gasteiger partial charge in [-0.2, -0.15) is 0 Å². The van der Waals surface area contributed by atoms with Gasteiger partial charge in [0.05, 0.1) is 5.75 Å². The minimum atomic E-state index is -1.21. The van der Waals surface area contributed by atoms with Crippen molar-refractivity contribution < 1.29 is 28.9 Å². The van der Waals surface area contributed by atoms with Crippen molar-refractivity contribution in [1.82, 2.24) is 15.5 Å². The number of carboxylic acid groups (broad SMARTS) is 1. The van der Waals surface area contributed by atoms with Crippen LogP contribution in [0.15, 0.2) is 83.2 Å². The van der Waals surface area contributed by atoms with Crippen molar-refractivity contribution in [2.75, 3.05) is 24.6 Å². The Morgan fingerprint density at radius 2 is 1.93 bits per heavy atom. The number of hydrogen-bond donors (Lipinski definition) is 4. The predicted octanol–water partition coefficient (Wildman–Crippen LogP) is 1.35. The van der Waals surface area contributed by atoms with Crippen molar-refractivity contribution >= 4 is 58.0 Å². The van der Waals surface area contributed by atoms with E-state index in [0.29, 0.717) is 30.0 Å². The van der Waals surface area contributed by atoms with Crippen LogP contribution in [0, 0.1) is 0 Å². The molecule has 12 heteroatoms. The summed E-state index contributed by atoms with van der Waals surface area (Å²) < 4.78 is 1.71. The third kappa shape index (κ3) is 5.69. The molecule has 3 aromatic rings. The number of pyridine rings is 1. The van der Waals surface area contributed by atoms with Crippen LogP contribution in [0.2, 0.25) is 0 Å². The lowest BCUT2D eigenvalue weighted by atomic mass is 10.0. The number of β-lactam (4-membered cyclic amide) rings is 1. The van der Waals surface area contributed by atoms with Crippen LogP contribution < -0.4 is 20.9 Å². The summed E-state index contributed by atoms with van der Waals surface area (Å²) in [5.74, 6) is -1.72. The van der Waals surface area contributed by atoms with Gasteiger partial charge in [-0.15, -0.1) is 23.5 Å². The van der Waals surface area contributed by atoms with Crippen LogP contribution >= 0.6 is 23.5 Å². The number of carbonyl (C=O) groups excluding carboxylic acids is 3. The van der Waals surface area contributed by atoms with Crippen molar-refractivity contribution in [1.29, 1.82) is 0 Å². The number of benzene rings is 2. The highest BCUT2D eigenvalue weighted by atomic mass is 32.2. The van der Waals surface area contributed by atoms with Crippen molar-refractivity contribution in [3.8, 4) is 0 Å². The van der Waals surface area contributed by atoms with Gasteiger partial charge in [-0.3, -0.25) is 19.3 Å². The number of nitrogens with one attached hydrogen (secondary N) is 2. The lowest BCUT2D eigenvalue weighted by Crippen LogP contribution is -2.71. The molecule has 2 atom stereocenters. The maximum absolute atomic E-state index is 13.1. The first kappa shape index (κ1) is 27.7. The molecule has 10 nitrogen and oxygen atoms in total. The second kappa shape index (κ2) is 12.1. The number of hydrogen-bond acceptors (Lipinski definition) is 7. The standard InChI is InChI=1S/C28H27N5O5S2/c29-10-11-30-25(35)18-7-4-12-32(13-18)14-19-15-40-27-23(26(36)33(27)24(19)28(37)38)31-22(34)16-39-21-9-3-6-17-5-1-2-8-20(17)21/h1-9,12-13,23,27H,10-11,14-16,29H2,(H2-,30,31,34,35,37,38)/p+1/t23-,27+/m0/s1. The first-order valence-corrected chi connectivity index (χ1v) is 14.7. The van der Waals surface area contributed by atoms with Crippen molar-refractivity contribution in [2.24, 2.45) is 5.73 Å². The van der Waals surface area contributed by atoms with E-state index in [0.717, 1.165) is 15.7 Å². The topological polar surface area (TPSA) is 146 Å². The van der Waals surface area contributed by atoms with Gasteiger partial charge in [-0.05, 0) is 22.9 Å². The summed E-state index contributed by atoms with van der Waals surface area (Å²) in [6.07, 6.45) is 3.36. The molecule has 40 heavy (non-hydrogen) atoms. The molecular formula is C28H28N5O5S2+. The molecule has 1 saturated heterocycles. The number of rotatable bonds is 10. The van der Waals surface area contributed by atoms with Gasteiger partial charge in [-0.1, -0.05) is 36.4 Å². The highest BCUT2D eigenvalue weighted by molar-refractivity contribution is 8.00. The molecule has 0 radical (unpaired) electrons. The van der Waals surface area contributed by atoms with Crippen LogP contribution in [-0.4, -0.2) is 69.7 Å². The second-order valence-electron chi connectivity index (χ2n) is 9.29. The van der Waals surface area contributed by atoms with Crippen LogP contribution in [0.1, 0.15) is 10.4 Å². The zero-order valence-electron chi connectivity index (χ0n) is 21.4. The first-order chi connectivity index (χ1) is 19.4. The summed E-state index contributed by atoms with van der Waals surface area (Å²) in [6, 6.07) is 16.4. The normalized spacial score (nSPS) is 18.2. The fourth-order valence-electron chi connectivity index (χ4n) is 4.75. The van der Waals surface area contributed by atoms with Crippen molar-refractivity contribution in [2.45, 2.75) is 22.9 Å². The lowest BCUT2D eigenvalue weighted by Gasteiger charge is -2.49. The van der Waals surface area contributed by atoms with Gasteiger partial charge in [0.15, 0.2) is 18.9 Å². The zero-order chi connectivity index (χ0) is 28.2. The molecule has 2 aromatic carbocycles. The number of aliphatic carboxylic acids is 1. The SMILES string of the molecule is NCCNC(=O)c1ccc[n+](CC2=C(C(=O)O)N3C(=O)[C@H](NC(=O)CSc4cccc5ccccc45)[C@H]3SC2)c1. The Morgan fingerprint density at radius 3 is 2.73 bits per heavy atom. The Kier molecular flexibility index (Phi) is 8.38. The van der Waals surface area contributed by atoms with E-state index in [1.165, 1.54) is 28.4 Å². The number of amides is 3. The minimum absolute atomic E-state index is 0.0742. The molecule has 1 aromatic heterocycles. The van der Waals surface area contributed by atoms with Gasteiger partial charge in [0.25, 0.3) is 11.8 Å². The summed E-state index contributed by atoms with van der Waals surface area (Å²) in [7, 11) is 0. The van der Waals surface area contributed by atoms with Gasteiger partial charge in [0.2, 0.25) is 5.91 Å².